The van der Waals surface area contributed by atoms with E-state index in [2.05, 4.69) is 10.1 Å². The summed E-state index contributed by atoms with van der Waals surface area (Å²) in [4.78, 5) is 3.16. The summed E-state index contributed by atoms with van der Waals surface area (Å²) in [5.41, 5.74) is 9.93. The minimum atomic E-state index is 0.486. The molecule has 0 atom stereocenters. The fourth-order valence-corrected chi connectivity index (χ4v) is 1.48. The number of hydrogen-bond acceptors (Lipinski definition) is 1. The summed E-state index contributed by atoms with van der Waals surface area (Å²) in [7, 11) is 0. The van der Waals surface area contributed by atoms with Gasteiger partial charge in [-0.25, -0.2) is 0 Å². The SMILES string of the molecule is N#[N+]c1cccc2c([NH+]=[N-])cccc12. The first kappa shape index (κ1) is 8.32. The highest BCUT2D eigenvalue weighted by Gasteiger charge is 2.13. The lowest BCUT2D eigenvalue weighted by molar-refractivity contribution is -0.377. The van der Waals surface area contributed by atoms with Crippen molar-refractivity contribution in [1.82, 2.24) is 0 Å². The van der Waals surface area contributed by atoms with Crippen LogP contribution in [0.4, 0.5) is 11.4 Å². The number of fused-ring (bicyclic) bond motifs is 1. The molecule has 0 saturated heterocycles. The fourth-order valence-electron chi connectivity index (χ4n) is 1.48. The summed E-state index contributed by atoms with van der Waals surface area (Å²) in [6.45, 7) is 0. The van der Waals surface area contributed by atoms with Crippen LogP contribution in [0.25, 0.3) is 21.3 Å². The first-order valence-electron chi connectivity index (χ1n) is 4.14. The van der Waals surface area contributed by atoms with E-state index < -0.39 is 0 Å². The topological polar surface area (TPSA) is 64.4 Å². The Balaban J connectivity index is 2.93. The lowest BCUT2D eigenvalue weighted by Crippen LogP contribution is -2.54. The van der Waals surface area contributed by atoms with Gasteiger partial charge < -0.3 is 5.53 Å². The second-order valence-electron chi connectivity index (χ2n) is 2.89. The molecule has 2 aromatic rings. The van der Waals surface area contributed by atoms with Gasteiger partial charge in [0.2, 0.25) is 11.1 Å². The molecular weight excluding hydrogens is 176 g/mol. The molecule has 0 bridgehead atoms. The molecule has 0 heterocycles. The third-order valence-corrected chi connectivity index (χ3v) is 2.13. The van der Waals surface area contributed by atoms with Crippen LogP contribution in [0.3, 0.4) is 0 Å². The van der Waals surface area contributed by atoms with E-state index in [1.165, 1.54) is 0 Å². The Morgan fingerprint density at radius 3 is 2.50 bits per heavy atom. The van der Waals surface area contributed by atoms with Crippen LogP contribution in [0.15, 0.2) is 36.4 Å². The van der Waals surface area contributed by atoms with E-state index in [1.54, 1.807) is 24.3 Å². The Hall–Kier alpha value is -2.28. The van der Waals surface area contributed by atoms with Crippen LogP contribution in [0.1, 0.15) is 0 Å². The maximum atomic E-state index is 8.86. The first-order valence-corrected chi connectivity index (χ1v) is 4.14. The third-order valence-electron chi connectivity index (χ3n) is 2.13. The molecule has 1 N–H and O–H groups in total. The summed E-state index contributed by atoms with van der Waals surface area (Å²) in [6, 6.07) is 10.6. The highest BCUT2D eigenvalue weighted by Crippen LogP contribution is 2.28. The van der Waals surface area contributed by atoms with E-state index in [-0.39, 0.29) is 0 Å². The number of hydrogen-bond donors (Lipinski definition) is 1. The van der Waals surface area contributed by atoms with E-state index in [1.807, 2.05) is 12.1 Å². The molecule has 66 valence electrons. The predicted octanol–water partition coefficient (Wildman–Crippen LogP) is 2.06. The fraction of sp³-hybridized carbons (Fsp3) is 0. The van der Waals surface area contributed by atoms with Gasteiger partial charge in [0.1, 0.15) is 0 Å². The first-order chi connectivity index (χ1) is 6.86. The van der Waals surface area contributed by atoms with Crippen LogP contribution in [-0.2, 0) is 0 Å². The van der Waals surface area contributed by atoms with Gasteiger partial charge in [0.05, 0.1) is 10.8 Å². The summed E-state index contributed by atoms with van der Waals surface area (Å²) in [5, 5.41) is 12.4. The Kier molecular flexibility index (Phi) is 1.92. The normalized spacial score (nSPS) is 9.64. The van der Waals surface area contributed by atoms with Crippen molar-refractivity contribution in [2.24, 2.45) is 0 Å². The largest absolute Gasteiger partial charge is 0.502 e. The van der Waals surface area contributed by atoms with Crippen LogP contribution in [0, 0.1) is 5.39 Å². The molecule has 0 aliphatic carbocycles. The van der Waals surface area contributed by atoms with Crippen molar-refractivity contribution in [2.45, 2.75) is 0 Å². The minimum Gasteiger partial charge on any atom is -0.502 e. The highest BCUT2D eigenvalue weighted by molar-refractivity contribution is 5.99. The molecule has 2 rings (SSSR count). The summed E-state index contributed by atoms with van der Waals surface area (Å²) < 4.78 is 0. The minimum absolute atomic E-state index is 0.486. The van der Waals surface area contributed by atoms with E-state index in [0.717, 1.165) is 10.8 Å². The van der Waals surface area contributed by atoms with Crippen molar-refractivity contribution in [3.8, 4) is 0 Å². The maximum absolute atomic E-state index is 8.86. The second-order valence-corrected chi connectivity index (χ2v) is 2.89. The van der Waals surface area contributed by atoms with Gasteiger partial charge in [-0.2, -0.15) is 0 Å². The molecule has 0 fully saturated rings. The van der Waals surface area contributed by atoms with Crippen LogP contribution in [-0.4, -0.2) is 0 Å². The molecule has 0 saturated carbocycles. The van der Waals surface area contributed by atoms with Gasteiger partial charge in [-0.05, 0) is 12.1 Å². The van der Waals surface area contributed by atoms with Crippen molar-refractivity contribution >= 4 is 22.1 Å². The van der Waals surface area contributed by atoms with Gasteiger partial charge in [-0.3, -0.25) is 5.11 Å². The van der Waals surface area contributed by atoms with Gasteiger partial charge in [-0.1, -0.05) is 12.1 Å². The average molecular weight is 183 g/mol. The van der Waals surface area contributed by atoms with Crippen molar-refractivity contribution < 1.29 is 5.11 Å². The van der Waals surface area contributed by atoms with E-state index in [4.69, 9.17) is 10.9 Å². The van der Waals surface area contributed by atoms with E-state index in [9.17, 15) is 0 Å². The number of benzene rings is 2. The van der Waals surface area contributed by atoms with Gasteiger partial charge in [0.25, 0.3) is 0 Å². The molecule has 0 unspecified atom stereocenters. The predicted molar refractivity (Wildman–Crippen MR) is 52.7 cm³/mol. The van der Waals surface area contributed by atoms with Crippen LogP contribution in [0.5, 0.6) is 0 Å². The quantitative estimate of drug-likeness (QED) is 0.533. The Bertz CT molecular complexity index is 539. The third kappa shape index (κ3) is 1.12. The number of diazo groups is 1. The molecule has 4 nitrogen and oxygen atoms in total. The zero-order valence-corrected chi connectivity index (χ0v) is 7.31. The molecule has 0 aliphatic heterocycles. The summed E-state index contributed by atoms with van der Waals surface area (Å²) in [6.07, 6.45) is 0. The van der Waals surface area contributed by atoms with Gasteiger partial charge >= 0.3 is 5.69 Å². The maximum Gasteiger partial charge on any atom is 0.393 e. The van der Waals surface area contributed by atoms with E-state index in [0.29, 0.717) is 11.4 Å². The molecule has 0 spiro atoms. The molecule has 14 heavy (non-hydrogen) atoms. The van der Waals surface area contributed by atoms with Crippen molar-refractivity contribution in [2.75, 3.05) is 0 Å². The number of nitrogens with zero attached hydrogens (tertiary/aromatic N) is 3. The Labute approximate surface area is 80.3 Å². The number of rotatable bonds is 1. The molecule has 2 aromatic carbocycles. The van der Waals surface area contributed by atoms with Crippen LogP contribution in [0.2, 0.25) is 0 Å². The second kappa shape index (κ2) is 3.23. The highest BCUT2D eigenvalue weighted by atomic mass is 15.0. The average Bonchev–Trinajstić information content (AvgIpc) is 2.27. The van der Waals surface area contributed by atoms with Crippen molar-refractivity contribution in [1.29, 1.82) is 5.39 Å². The Morgan fingerprint density at radius 1 is 1.07 bits per heavy atom. The van der Waals surface area contributed by atoms with E-state index >= 15 is 0 Å². The Morgan fingerprint density at radius 2 is 1.79 bits per heavy atom. The molecule has 0 radical (unpaired) electrons. The lowest BCUT2D eigenvalue weighted by Gasteiger charge is -1.95. The smallest absolute Gasteiger partial charge is 0.393 e. The zero-order valence-electron chi connectivity index (χ0n) is 7.31. The standard InChI is InChI=1S/C10H7N4/c11-13-9-5-1-3-7-8(9)4-2-6-10(7)14-12/h1-6,13H/q+1. The zero-order chi connectivity index (χ0) is 9.97. The summed E-state index contributed by atoms with van der Waals surface area (Å²) >= 11 is 0. The molecule has 0 amide bonds. The monoisotopic (exact) mass is 183 g/mol. The van der Waals surface area contributed by atoms with Gasteiger partial charge in [-0.15, -0.1) is 0 Å². The summed E-state index contributed by atoms with van der Waals surface area (Å²) in [5.74, 6) is 0. The van der Waals surface area contributed by atoms with Crippen LogP contribution < -0.4 is 5.11 Å². The molecule has 0 aromatic heterocycles. The van der Waals surface area contributed by atoms with Crippen molar-refractivity contribution in [3.63, 3.8) is 0 Å². The van der Waals surface area contributed by atoms with Crippen molar-refractivity contribution in [3.05, 3.63) is 46.9 Å². The molecule has 0 aliphatic rings. The molecular formula is C10H7N4+. The number of nitrogens with one attached hydrogen (secondary N) is 1. The van der Waals surface area contributed by atoms with Gasteiger partial charge in [0.15, 0.2) is 4.98 Å². The van der Waals surface area contributed by atoms with Gasteiger partial charge in [0, 0.05) is 12.1 Å². The lowest BCUT2D eigenvalue weighted by atomic mass is 10.1. The molecule has 4 heteroatoms. The van der Waals surface area contributed by atoms with Crippen LogP contribution >= 0.6 is 0 Å².